The van der Waals surface area contributed by atoms with Gasteiger partial charge in [0.2, 0.25) is 0 Å². The summed E-state index contributed by atoms with van der Waals surface area (Å²) in [4.78, 5) is 34.1. The molecular formula is C40H52Br9N21. The fraction of sp³-hybridized carbons (Fsp3) is 0.0750. The summed E-state index contributed by atoms with van der Waals surface area (Å²) < 4.78 is 6.40. The van der Waals surface area contributed by atoms with Crippen molar-refractivity contribution in [2.75, 3.05) is 64.5 Å². The van der Waals surface area contributed by atoms with E-state index in [0.29, 0.717) is 53.1 Å². The molecule has 0 fully saturated rings. The second-order valence-corrected chi connectivity index (χ2v) is 17.9. The number of hydrogen-bond acceptors (Lipinski definition) is 21. The summed E-state index contributed by atoms with van der Waals surface area (Å²) in [7, 11) is 1.50. The quantitative estimate of drug-likeness (QED) is 0.0383. The molecule has 30 heteroatoms. The molecule has 7 aromatic heterocycles. The molecule has 8 rings (SSSR count). The van der Waals surface area contributed by atoms with Gasteiger partial charge in [-0.15, -0.1) is 10.2 Å². The zero-order valence-electron chi connectivity index (χ0n) is 36.1. The maximum Gasteiger partial charge on any atom is 0.167 e. The first-order chi connectivity index (χ1) is 32.7. The van der Waals surface area contributed by atoms with Crippen LogP contribution in [0.15, 0.2) is 159 Å². The van der Waals surface area contributed by atoms with Gasteiger partial charge in [-0.05, 0) is 191 Å². The number of hydrogen-bond donors (Lipinski definition) is 10. The lowest BCUT2D eigenvalue weighted by atomic mass is 10.3. The highest BCUT2D eigenvalue weighted by Crippen LogP contribution is 2.13. The van der Waals surface area contributed by atoms with Gasteiger partial charge in [0.15, 0.2) is 11.6 Å². The van der Waals surface area contributed by atoms with Crippen LogP contribution in [-0.4, -0.2) is 67.9 Å². The fourth-order valence-corrected chi connectivity index (χ4v) is 5.21. The van der Waals surface area contributed by atoms with Crippen LogP contribution in [0, 0.1) is 0 Å². The maximum atomic E-state index is 5.41. The minimum Gasteiger partial charge on any atom is -0.399 e. The number of benzene rings is 1. The third-order valence-corrected chi connectivity index (χ3v) is 9.31. The Bertz CT molecular complexity index is 2090. The second kappa shape index (κ2) is 43.3. The Labute approximate surface area is 483 Å². The van der Waals surface area contributed by atoms with E-state index < -0.39 is 0 Å². The number of alkyl halides is 1. The molecule has 0 spiro atoms. The molecule has 21 nitrogen and oxygen atoms in total. The Morgan fingerprint density at radius 2 is 0.871 bits per heavy atom. The molecular weight excluding hydrogens is 1490 g/mol. The molecule has 0 bridgehead atoms. The van der Waals surface area contributed by atoms with E-state index >= 15 is 0 Å². The zero-order valence-corrected chi connectivity index (χ0v) is 50.4. The van der Waals surface area contributed by atoms with Crippen LogP contribution in [0.5, 0.6) is 0 Å². The van der Waals surface area contributed by atoms with Crippen LogP contribution in [0.4, 0.5) is 52.0 Å². The number of pyridine rings is 3. The van der Waals surface area contributed by atoms with Gasteiger partial charge in [0.05, 0.1) is 48.6 Å². The molecule has 0 saturated heterocycles. The molecule has 0 radical (unpaired) electrons. The van der Waals surface area contributed by atoms with Crippen molar-refractivity contribution in [2.45, 2.75) is 7.43 Å². The number of nitrogen functional groups attached to an aromatic ring is 9. The molecule has 8 aromatic rings. The van der Waals surface area contributed by atoms with Gasteiger partial charge in [0, 0.05) is 39.1 Å². The number of nitrogens with two attached hydrogens (primary N) is 10. The normalized spacial score (nSPS) is 8.69. The van der Waals surface area contributed by atoms with Crippen LogP contribution in [0.3, 0.4) is 0 Å². The number of rotatable bonds is 0. The van der Waals surface area contributed by atoms with E-state index in [-0.39, 0.29) is 20.5 Å². The minimum atomic E-state index is 0. The Hall–Kier alpha value is -4.53. The van der Waals surface area contributed by atoms with E-state index in [0.717, 1.165) is 23.7 Å². The van der Waals surface area contributed by atoms with Gasteiger partial charge >= 0.3 is 0 Å². The van der Waals surface area contributed by atoms with Crippen molar-refractivity contribution in [3.05, 3.63) is 159 Å². The molecule has 0 aliphatic carbocycles. The Kier molecular flexibility index (Phi) is 43.1. The fourth-order valence-electron chi connectivity index (χ4n) is 3.06. The SMILES string of the molecule is C.CBr.CN.Nc1ccc(Br)cc1.Nc1ccc(Br)cn1.Nc1ccc(Br)nc1.Nc1ccc(Br)nn1.Nc1cnc(Br)cn1.Nc1cncc(Br)c1.Nc1cncc(Br)n1.Nc1ncc(Br)nc1N.[2HH]. The summed E-state index contributed by atoms with van der Waals surface area (Å²) in [5.74, 6) is 4.18. The average Bonchev–Trinajstić information content (AvgIpc) is 3.33. The number of aromatic nitrogens is 11. The van der Waals surface area contributed by atoms with E-state index in [2.05, 4.69) is 204 Å². The molecule has 0 unspecified atom stereocenters. The molecule has 0 aliphatic heterocycles. The summed E-state index contributed by atoms with van der Waals surface area (Å²) >= 11 is 28.3. The topological polar surface area (TPSA) is 402 Å². The van der Waals surface area contributed by atoms with E-state index in [1.807, 2.05) is 36.2 Å². The van der Waals surface area contributed by atoms with Crippen LogP contribution >= 0.6 is 143 Å². The van der Waals surface area contributed by atoms with Crippen LogP contribution in [0.1, 0.15) is 8.85 Å². The third-order valence-electron chi connectivity index (χ3n) is 5.81. The molecule has 0 saturated carbocycles. The summed E-state index contributed by atoms with van der Waals surface area (Å²) in [5, 5.41) is 7.18. The molecule has 380 valence electrons. The van der Waals surface area contributed by atoms with Crippen molar-refractivity contribution >= 4 is 195 Å². The van der Waals surface area contributed by atoms with E-state index in [4.69, 9.17) is 51.6 Å². The molecule has 70 heavy (non-hydrogen) atoms. The minimum absolute atomic E-state index is 0. The molecule has 7 heterocycles. The molecule has 0 aliphatic rings. The number of anilines is 9. The monoisotopic (exact) mass is 1540 g/mol. The maximum absolute atomic E-state index is 5.41. The van der Waals surface area contributed by atoms with Gasteiger partial charge in [0.1, 0.15) is 46.3 Å². The number of halogens is 9. The number of nitrogens with zero attached hydrogens (tertiary/aromatic N) is 11. The van der Waals surface area contributed by atoms with Crippen molar-refractivity contribution in [2.24, 2.45) is 5.73 Å². The van der Waals surface area contributed by atoms with Crippen molar-refractivity contribution in [3.63, 3.8) is 0 Å². The summed E-state index contributed by atoms with van der Waals surface area (Å²) in [6.45, 7) is 0. The first-order valence-electron chi connectivity index (χ1n) is 18.0. The standard InChI is InChI=1S/C6H6BrN.3C5H5BrN2.C4H5BrN4.3C4H4BrN3.CH3Br.CH5N.CH4.H2/c7-5-1-3-6(8)4-2-5;6-4-1-5(7)3-8-2-4;6-5-2-1-4(7)3-8-5;6-4-1-2-5(7)8-3-4;5-2-1-8-3(6)4(7)9-2;5-3-1-8-4(6)2-7-3;5-3-1-7-2-4(6)8-3;5-3-1-2-4(6)8-7-3;2*1-2;;/h1-4H,8H2;2*1-3H,7H2;1-3H,(H2,7,8);1H,(H2,6,8)(H2,7,9);3*1-2H,(H2,6,8);1H3;2H2,1H3;1H4;1H/i;;;;;;;;;;;1+1. The highest BCUT2D eigenvalue weighted by molar-refractivity contribution is 9.11. The highest BCUT2D eigenvalue weighted by Gasteiger charge is 1.95. The Morgan fingerprint density at radius 1 is 0.343 bits per heavy atom. The zero-order chi connectivity index (χ0) is 52.7. The highest BCUT2D eigenvalue weighted by atomic mass is 79.9. The van der Waals surface area contributed by atoms with Gasteiger partial charge in [-0.3, -0.25) is 9.97 Å². The lowest BCUT2D eigenvalue weighted by Crippen LogP contribution is -1.99. The van der Waals surface area contributed by atoms with Crippen molar-refractivity contribution in [1.82, 2.24) is 55.1 Å². The Balaban J connectivity index is -0.000000356. The molecule has 0 atom stereocenters. The van der Waals surface area contributed by atoms with Crippen molar-refractivity contribution in [1.29, 1.82) is 0 Å². The van der Waals surface area contributed by atoms with Gasteiger partial charge in [0.25, 0.3) is 0 Å². The second-order valence-electron chi connectivity index (χ2n) is 11.1. The predicted molar refractivity (Wildman–Crippen MR) is 322 cm³/mol. The van der Waals surface area contributed by atoms with E-state index in [9.17, 15) is 0 Å². The first-order valence-corrected chi connectivity index (χ1v) is 26.0. The van der Waals surface area contributed by atoms with E-state index in [1.54, 1.807) is 73.6 Å². The lowest BCUT2D eigenvalue weighted by molar-refractivity contribution is 1.02. The van der Waals surface area contributed by atoms with Crippen molar-refractivity contribution < 1.29 is 1.43 Å². The van der Waals surface area contributed by atoms with Crippen LogP contribution in [0.2, 0.25) is 0 Å². The van der Waals surface area contributed by atoms with Crippen molar-refractivity contribution in [3.8, 4) is 0 Å². The van der Waals surface area contributed by atoms with Crippen LogP contribution in [-0.2, 0) is 0 Å². The Morgan fingerprint density at radius 3 is 1.23 bits per heavy atom. The summed E-state index contributed by atoms with van der Waals surface area (Å²) in [6.07, 6.45) is 14.2. The smallest absolute Gasteiger partial charge is 0.167 e. The van der Waals surface area contributed by atoms with Crippen LogP contribution < -0.4 is 57.3 Å². The third kappa shape index (κ3) is 40.2. The first kappa shape index (κ1) is 69.7. The van der Waals surface area contributed by atoms with Gasteiger partial charge < -0.3 is 57.3 Å². The van der Waals surface area contributed by atoms with Gasteiger partial charge in [-0.2, -0.15) is 0 Å². The van der Waals surface area contributed by atoms with Crippen LogP contribution in [0.25, 0.3) is 0 Å². The van der Waals surface area contributed by atoms with E-state index in [1.165, 1.54) is 25.6 Å². The van der Waals surface area contributed by atoms with Gasteiger partial charge in [-0.1, -0.05) is 39.3 Å². The molecule has 20 N–H and O–H groups in total. The molecule has 1 aromatic carbocycles. The largest absolute Gasteiger partial charge is 0.399 e. The summed E-state index contributed by atoms with van der Waals surface area (Å²) in [6, 6.07) is 19.9. The van der Waals surface area contributed by atoms with Gasteiger partial charge in [-0.25, -0.2) is 34.9 Å². The molecule has 0 amide bonds. The summed E-state index contributed by atoms with van der Waals surface area (Å²) in [5.41, 5.74) is 54.4. The predicted octanol–water partition coefficient (Wildman–Crippen LogP) is 10.6. The lowest BCUT2D eigenvalue weighted by Gasteiger charge is -1.95. The average molecular weight is 1550 g/mol.